The number of sulfonamides is 1. The minimum atomic E-state index is -3.32. The van der Waals surface area contributed by atoms with Gasteiger partial charge < -0.3 is 9.72 Å². The Morgan fingerprint density at radius 2 is 1.59 bits per heavy atom. The predicted octanol–water partition coefficient (Wildman–Crippen LogP) is 7.45. The van der Waals surface area contributed by atoms with E-state index in [1.54, 1.807) is 12.1 Å². The number of hydrogen-bond acceptors (Lipinski definition) is 5. The molecular weight excluding hydrogens is 517 g/mol. The van der Waals surface area contributed by atoms with Gasteiger partial charge in [0.05, 0.1) is 22.5 Å². The molecule has 0 radical (unpaired) electrons. The molecule has 7 nitrogen and oxygen atoms in total. The summed E-state index contributed by atoms with van der Waals surface area (Å²) in [7, 11) is -3.32. The fourth-order valence-corrected chi connectivity index (χ4v) is 4.33. The van der Waals surface area contributed by atoms with E-state index in [-0.39, 0.29) is 5.75 Å². The molecule has 0 spiro atoms. The lowest BCUT2D eigenvalue weighted by molar-refractivity contribution is -0.126. The van der Waals surface area contributed by atoms with Crippen LogP contribution in [-0.2, 0) is 21.2 Å². The molecule has 2 N–H and O–H groups in total. The number of benzene rings is 3. The van der Waals surface area contributed by atoms with Crippen molar-refractivity contribution < 1.29 is 22.3 Å². The molecule has 0 aliphatic heterocycles. The van der Waals surface area contributed by atoms with E-state index in [0.29, 0.717) is 18.5 Å². The maximum absolute atomic E-state index is 12.2. The number of aromatic amines is 1. The van der Waals surface area contributed by atoms with Gasteiger partial charge in [-0.05, 0) is 75.2 Å². The van der Waals surface area contributed by atoms with Crippen LogP contribution in [0.25, 0.3) is 11.0 Å². The number of aromatic nitrogens is 2. The Hall–Kier alpha value is -3.72. The topological polar surface area (TPSA) is 101 Å². The highest BCUT2D eigenvalue weighted by molar-refractivity contribution is 7.92. The minimum absolute atomic E-state index is 0.100. The second-order valence-corrected chi connectivity index (χ2v) is 10.9. The molecule has 4 rings (SSSR count). The number of ketones is 1. The molecule has 39 heavy (non-hydrogen) atoms. The first-order chi connectivity index (χ1) is 18.4. The van der Waals surface area contributed by atoms with Crippen LogP contribution in [0.4, 0.5) is 10.1 Å². The Bertz CT molecular complexity index is 1430. The normalized spacial score (nSPS) is 11.1. The fraction of sp³-hybridized carbons (Fsp3) is 0.333. The smallest absolute Gasteiger partial charge is 0.232 e. The molecule has 1 heterocycles. The minimum Gasteiger partial charge on any atom is -0.457 e. The SMILES string of the molecule is CC.CC(=O)C(C)(C)F.CCCS(=O)(=O)Nc1ccc2nc(Cc3ccc(Oc4ccccc4)cc3)[nH]c2c1. The highest BCUT2D eigenvalue weighted by Crippen LogP contribution is 2.23. The number of alkyl halides is 1. The van der Waals surface area contributed by atoms with Crippen molar-refractivity contribution in [1.82, 2.24) is 9.97 Å². The zero-order valence-corrected chi connectivity index (χ0v) is 24.2. The summed E-state index contributed by atoms with van der Waals surface area (Å²) < 4.78 is 44.5. The quantitative estimate of drug-likeness (QED) is 0.223. The second-order valence-electron chi connectivity index (χ2n) is 9.10. The number of imidazole rings is 1. The molecule has 0 amide bonds. The van der Waals surface area contributed by atoms with Gasteiger partial charge in [-0.25, -0.2) is 17.8 Å². The number of fused-ring (bicyclic) bond motifs is 1. The van der Waals surface area contributed by atoms with Crippen molar-refractivity contribution in [1.29, 1.82) is 0 Å². The first kappa shape index (κ1) is 31.5. The average Bonchev–Trinajstić information content (AvgIpc) is 3.28. The highest BCUT2D eigenvalue weighted by Gasteiger charge is 2.20. The molecule has 1 aromatic heterocycles. The third kappa shape index (κ3) is 10.5. The number of para-hydroxylation sites is 1. The first-order valence-corrected chi connectivity index (χ1v) is 14.6. The molecular formula is C30H38FN3O4S. The summed E-state index contributed by atoms with van der Waals surface area (Å²) in [6, 6.07) is 22.9. The fourth-order valence-electron chi connectivity index (χ4n) is 3.20. The van der Waals surface area contributed by atoms with E-state index >= 15 is 0 Å². The van der Waals surface area contributed by atoms with Crippen LogP contribution < -0.4 is 9.46 Å². The third-order valence-electron chi connectivity index (χ3n) is 5.39. The Balaban J connectivity index is 0.000000517. The Morgan fingerprint density at radius 3 is 2.15 bits per heavy atom. The van der Waals surface area contributed by atoms with Crippen molar-refractivity contribution in [2.24, 2.45) is 0 Å². The lowest BCUT2D eigenvalue weighted by Crippen LogP contribution is -2.22. The number of nitrogens with one attached hydrogen (secondary N) is 2. The Kier molecular flexibility index (Phi) is 11.7. The zero-order chi connectivity index (χ0) is 29.1. The van der Waals surface area contributed by atoms with Crippen LogP contribution in [0.15, 0.2) is 72.8 Å². The molecule has 0 atom stereocenters. The number of nitrogens with zero attached hydrogens (tertiary/aromatic N) is 1. The van der Waals surface area contributed by atoms with Crippen LogP contribution in [0.1, 0.15) is 59.4 Å². The van der Waals surface area contributed by atoms with Gasteiger partial charge in [0.2, 0.25) is 10.0 Å². The van der Waals surface area contributed by atoms with Crippen LogP contribution in [-0.4, -0.2) is 35.6 Å². The number of carbonyl (C=O) groups is 1. The van der Waals surface area contributed by atoms with Gasteiger partial charge in [0, 0.05) is 6.42 Å². The van der Waals surface area contributed by atoms with Gasteiger partial charge in [-0.1, -0.05) is 51.1 Å². The molecule has 9 heteroatoms. The first-order valence-electron chi connectivity index (χ1n) is 13.0. The Labute approximate surface area is 230 Å². The van der Waals surface area contributed by atoms with E-state index in [1.807, 2.05) is 81.4 Å². The van der Waals surface area contributed by atoms with Gasteiger partial charge in [0.25, 0.3) is 0 Å². The van der Waals surface area contributed by atoms with Crippen molar-refractivity contribution in [3.05, 3.63) is 84.2 Å². The van der Waals surface area contributed by atoms with Crippen LogP contribution in [0.5, 0.6) is 11.5 Å². The van der Waals surface area contributed by atoms with Crippen molar-refractivity contribution in [2.45, 2.75) is 60.1 Å². The molecule has 0 bridgehead atoms. The number of hydrogen-bond donors (Lipinski definition) is 2. The van der Waals surface area contributed by atoms with Crippen LogP contribution in [0, 0.1) is 0 Å². The van der Waals surface area contributed by atoms with E-state index in [9.17, 15) is 17.6 Å². The predicted molar refractivity (Wildman–Crippen MR) is 157 cm³/mol. The molecule has 0 aliphatic rings. The van der Waals surface area contributed by atoms with Crippen molar-refractivity contribution in [3.63, 3.8) is 0 Å². The third-order valence-corrected chi connectivity index (χ3v) is 6.88. The molecule has 0 unspecified atom stereocenters. The summed E-state index contributed by atoms with van der Waals surface area (Å²) in [5, 5.41) is 0. The Morgan fingerprint density at radius 1 is 1.00 bits per heavy atom. The average molecular weight is 556 g/mol. The van der Waals surface area contributed by atoms with Crippen molar-refractivity contribution >= 4 is 32.5 Å². The van der Waals surface area contributed by atoms with Gasteiger partial charge in [0.15, 0.2) is 11.5 Å². The summed E-state index contributed by atoms with van der Waals surface area (Å²) in [6.45, 7) is 9.56. The molecule has 0 saturated heterocycles. The van der Waals surface area contributed by atoms with E-state index in [0.717, 1.165) is 33.9 Å². The number of anilines is 1. The number of Topliss-reactive ketones (excluding diaryl/α,β-unsaturated/α-hetero) is 1. The molecule has 0 saturated carbocycles. The summed E-state index contributed by atoms with van der Waals surface area (Å²) in [5.74, 6) is 2.07. The van der Waals surface area contributed by atoms with Crippen molar-refractivity contribution in [2.75, 3.05) is 10.5 Å². The maximum atomic E-state index is 12.2. The lowest BCUT2D eigenvalue weighted by Gasteiger charge is -2.06. The molecule has 0 aliphatic carbocycles. The highest BCUT2D eigenvalue weighted by atomic mass is 32.2. The van der Waals surface area contributed by atoms with E-state index < -0.39 is 21.5 Å². The zero-order valence-electron chi connectivity index (χ0n) is 23.4. The molecule has 210 valence electrons. The van der Waals surface area contributed by atoms with Crippen LogP contribution in [0.2, 0.25) is 0 Å². The maximum Gasteiger partial charge on any atom is 0.232 e. The van der Waals surface area contributed by atoms with E-state index in [2.05, 4.69) is 14.7 Å². The van der Waals surface area contributed by atoms with Crippen LogP contribution >= 0.6 is 0 Å². The summed E-state index contributed by atoms with van der Waals surface area (Å²) in [5.41, 5.74) is 1.59. The summed E-state index contributed by atoms with van der Waals surface area (Å²) in [4.78, 5) is 18.0. The number of H-pyrrole nitrogens is 1. The van der Waals surface area contributed by atoms with Gasteiger partial charge in [0.1, 0.15) is 17.3 Å². The molecule has 4 aromatic rings. The largest absolute Gasteiger partial charge is 0.457 e. The lowest BCUT2D eigenvalue weighted by atomic mass is 10.1. The van der Waals surface area contributed by atoms with Crippen LogP contribution in [0.3, 0.4) is 0 Å². The van der Waals surface area contributed by atoms with Crippen molar-refractivity contribution in [3.8, 4) is 11.5 Å². The van der Waals surface area contributed by atoms with E-state index in [4.69, 9.17) is 4.74 Å². The standard InChI is InChI=1S/C23H23N3O3S.C5H9FO.C2H6/c1-2-14-30(27,28)26-18-10-13-21-22(16-18)25-23(24-21)15-17-8-11-20(12-9-17)29-19-6-4-3-5-7-19;1-4(7)5(2,3)6;1-2/h3-13,16,26H,2,14-15H2,1H3,(H,24,25);1-3H3;1-2H3. The number of ether oxygens (including phenoxy) is 1. The number of halogens is 1. The van der Waals surface area contributed by atoms with E-state index in [1.165, 1.54) is 20.8 Å². The molecule has 3 aromatic carbocycles. The number of rotatable bonds is 9. The molecule has 0 fully saturated rings. The summed E-state index contributed by atoms with van der Waals surface area (Å²) in [6.07, 6.45) is 1.21. The van der Waals surface area contributed by atoms with Gasteiger partial charge in [-0.3, -0.25) is 9.52 Å². The van der Waals surface area contributed by atoms with Gasteiger partial charge in [-0.15, -0.1) is 0 Å². The summed E-state index contributed by atoms with van der Waals surface area (Å²) >= 11 is 0. The monoisotopic (exact) mass is 555 g/mol. The number of carbonyl (C=O) groups excluding carboxylic acids is 1. The second kappa shape index (κ2) is 14.4. The van der Waals surface area contributed by atoms with Gasteiger partial charge >= 0.3 is 0 Å². The van der Waals surface area contributed by atoms with Gasteiger partial charge in [-0.2, -0.15) is 0 Å².